The largest absolute Gasteiger partial charge is 0.490 e. The zero-order valence-corrected chi connectivity index (χ0v) is 10.4. The first-order valence-corrected chi connectivity index (χ1v) is 5.49. The van der Waals surface area contributed by atoms with Gasteiger partial charge in [-0.25, -0.2) is 0 Å². The van der Waals surface area contributed by atoms with Gasteiger partial charge in [-0.3, -0.25) is 0 Å². The van der Waals surface area contributed by atoms with Crippen LogP contribution in [0.25, 0.3) is 0 Å². The van der Waals surface area contributed by atoms with Crippen LogP contribution in [0.2, 0.25) is 5.02 Å². The Morgan fingerprint density at radius 1 is 1.60 bits per heavy atom. The third-order valence-corrected chi connectivity index (χ3v) is 2.36. The van der Waals surface area contributed by atoms with Gasteiger partial charge in [0.1, 0.15) is 11.9 Å². The predicted molar refractivity (Wildman–Crippen MR) is 67.7 cm³/mol. The first kappa shape index (κ1) is 12.3. The number of ether oxygens (including phenoxy) is 1. The molecule has 0 radical (unpaired) electrons. The fourth-order valence-corrected chi connectivity index (χ4v) is 1.75. The van der Waals surface area contributed by atoms with Crippen molar-refractivity contribution < 1.29 is 4.74 Å². The molecule has 0 aliphatic rings. The molecule has 4 heteroatoms. The third kappa shape index (κ3) is 4.06. The lowest BCUT2D eigenvalue weighted by Crippen LogP contribution is -2.21. The number of halogens is 1. The van der Waals surface area contributed by atoms with Crippen molar-refractivity contribution in [1.29, 1.82) is 0 Å². The van der Waals surface area contributed by atoms with Crippen LogP contribution in [-0.4, -0.2) is 11.1 Å². The Labute approximate surface area is 100 Å². The molecule has 1 atom stereocenters. The van der Waals surface area contributed by atoms with Crippen LogP contribution in [0.1, 0.15) is 18.9 Å². The van der Waals surface area contributed by atoms with E-state index in [1.54, 1.807) is 6.07 Å². The SMILES string of the molecule is Cc1cc(Cl)ccc1OC(C)CC(N)=S. The van der Waals surface area contributed by atoms with E-state index in [0.717, 1.165) is 11.3 Å². The molecule has 2 N–H and O–H groups in total. The topological polar surface area (TPSA) is 35.2 Å². The molecule has 1 unspecified atom stereocenters. The van der Waals surface area contributed by atoms with Crippen LogP contribution in [0, 0.1) is 6.92 Å². The van der Waals surface area contributed by atoms with Crippen LogP contribution in [-0.2, 0) is 0 Å². The highest BCUT2D eigenvalue weighted by atomic mass is 35.5. The summed E-state index contributed by atoms with van der Waals surface area (Å²) in [6, 6.07) is 5.52. The number of aryl methyl sites for hydroxylation is 1. The fraction of sp³-hybridized carbons (Fsp3) is 0.364. The van der Waals surface area contributed by atoms with E-state index in [1.165, 1.54) is 0 Å². The Balaban J connectivity index is 2.68. The zero-order valence-electron chi connectivity index (χ0n) is 8.79. The summed E-state index contributed by atoms with van der Waals surface area (Å²) in [5.41, 5.74) is 6.45. The van der Waals surface area contributed by atoms with E-state index in [4.69, 9.17) is 34.3 Å². The summed E-state index contributed by atoms with van der Waals surface area (Å²) in [6.07, 6.45) is 0.569. The van der Waals surface area contributed by atoms with Crippen LogP contribution >= 0.6 is 23.8 Å². The van der Waals surface area contributed by atoms with E-state index >= 15 is 0 Å². The molecule has 0 heterocycles. The fourth-order valence-electron chi connectivity index (χ4n) is 1.29. The average Bonchev–Trinajstić information content (AvgIpc) is 2.08. The Morgan fingerprint density at radius 3 is 2.80 bits per heavy atom. The maximum Gasteiger partial charge on any atom is 0.122 e. The molecule has 0 saturated carbocycles. The molecule has 1 rings (SSSR count). The van der Waals surface area contributed by atoms with E-state index in [-0.39, 0.29) is 6.10 Å². The van der Waals surface area contributed by atoms with Gasteiger partial charge in [0.15, 0.2) is 0 Å². The number of rotatable bonds is 4. The van der Waals surface area contributed by atoms with Crippen molar-refractivity contribution in [2.45, 2.75) is 26.4 Å². The second-order valence-electron chi connectivity index (χ2n) is 3.51. The van der Waals surface area contributed by atoms with Crippen LogP contribution < -0.4 is 10.5 Å². The minimum absolute atomic E-state index is 0.0117. The third-order valence-electron chi connectivity index (χ3n) is 1.95. The van der Waals surface area contributed by atoms with Gasteiger partial charge in [-0.1, -0.05) is 23.8 Å². The van der Waals surface area contributed by atoms with Crippen molar-refractivity contribution in [3.05, 3.63) is 28.8 Å². The van der Waals surface area contributed by atoms with Crippen LogP contribution in [0.3, 0.4) is 0 Å². The van der Waals surface area contributed by atoms with Gasteiger partial charge < -0.3 is 10.5 Å². The lowest BCUT2D eigenvalue weighted by atomic mass is 10.2. The molecule has 2 nitrogen and oxygen atoms in total. The van der Waals surface area contributed by atoms with Crippen LogP contribution in [0.15, 0.2) is 18.2 Å². The molecule has 0 bridgehead atoms. The van der Waals surface area contributed by atoms with Gasteiger partial charge >= 0.3 is 0 Å². The standard InChI is InChI=1S/C11H14ClNOS/c1-7-5-9(12)3-4-10(7)14-8(2)6-11(13)15/h3-5,8H,6H2,1-2H3,(H2,13,15). The summed E-state index contributed by atoms with van der Waals surface area (Å²) < 4.78 is 5.68. The number of thiocarbonyl (C=S) groups is 1. The van der Waals surface area contributed by atoms with E-state index < -0.39 is 0 Å². The van der Waals surface area contributed by atoms with Crippen LogP contribution in [0.5, 0.6) is 5.75 Å². The molecular formula is C11H14ClNOS. The average molecular weight is 244 g/mol. The number of benzene rings is 1. The molecule has 0 amide bonds. The van der Waals surface area contributed by atoms with Crippen molar-refractivity contribution >= 4 is 28.8 Å². The zero-order chi connectivity index (χ0) is 11.4. The number of nitrogens with two attached hydrogens (primary N) is 1. The van der Waals surface area contributed by atoms with Crippen molar-refractivity contribution in [2.75, 3.05) is 0 Å². The summed E-state index contributed by atoms with van der Waals surface area (Å²) in [5, 5.41) is 0.710. The van der Waals surface area contributed by atoms with Crippen molar-refractivity contribution in [1.82, 2.24) is 0 Å². The lowest BCUT2D eigenvalue weighted by Gasteiger charge is -2.15. The second-order valence-corrected chi connectivity index (χ2v) is 4.47. The highest BCUT2D eigenvalue weighted by molar-refractivity contribution is 7.80. The van der Waals surface area contributed by atoms with Crippen LogP contribution in [0.4, 0.5) is 0 Å². The first-order chi connectivity index (χ1) is 6.99. The minimum Gasteiger partial charge on any atom is -0.490 e. The smallest absolute Gasteiger partial charge is 0.122 e. The summed E-state index contributed by atoms with van der Waals surface area (Å²) in [7, 11) is 0. The molecule has 0 aliphatic heterocycles. The molecule has 0 spiro atoms. The Hall–Kier alpha value is -0.800. The summed E-state index contributed by atoms with van der Waals surface area (Å²) in [5.74, 6) is 0.822. The van der Waals surface area contributed by atoms with Crippen molar-refractivity contribution in [3.63, 3.8) is 0 Å². The minimum atomic E-state index is -0.0117. The first-order valence-electron chi connectivity index (χ1n) is 4.70. The van der Waals surface area contributed by atoms with E-state index in [0.29, 0.717) is 16.4 Å². The molecule has 1 aromatic carbocycles. The van der Waals surface area contributed by atoms with Gasteiger partial charge in [0.05, 0.1) is 4.99 Å². The molecule has 82 valence electrons. The summed E-state index contributed by atoms with van der Waals surface area (Å²) >= 11 is 10.7. The molecular weight excluding hydrogens is 230 g/mol. The van der Waals surface area contributed by atoms with Gasteiger partial charge in [0.2, 0.25) is 0 Å². The van der Waals surface area contributed by atoms with Crippen molar-refractivity contribution in [2.24, 2.45) is 5.73 Å². The maximum absolute atomic E-state index is 5.84. The highest BCUT2D eigenvalue weighted by Gasteiger charge is 2.07. The maximum atomic E-state index is 5.84. The Bertz CT molecular complexity index is 368. The number of hydrogen-bond acceptors (Lipinski definition) is 2. The summed E-state index contributed by atoms with van der Waals surface area (Å²) in [6.45, 7) is 3.89. The van der Waals surface area contributed by atoms with Gasteiger partial charge in [-0.15, -0.1) is 0 Å². The van der Waals surface area contributed by atoms with Gasteiger partial charge in [-0.2, -0.15) is 0 Å². The number of hydrogen-bond donors (Lipinski definition) is 1. The van der Waals surface area contributed by atoms with Gasteiger partial charge in [-0.05, 0) is 37.6 Å². The quantitative estimate of drug-likeness (QED) is 0.826. The molecule has 0 fully saturated rings. The molecule has 0 saturated heterocycles. The van der Waals surface area contributed by atoms with Gasteiger partial charge in [0, 0.05) is 11.4 Å². The Kier molecular flexibility index (Phi) is 4.36. The molecule has 15 heavy (non-hydrogen) atoms. The summed E-state index contributed by atoms with van der Waals surface area (Å²) in [4.78, 5) is 0.467. The second kappa shape index (κ2) is 5.33. The molecule has 0 aliphatic carbocycles. The van der Waals surface area contributed by atoms with E-state index in [1.807, 2.05) is 26.0 Å². The molecule has 1 aromatic rings. The lowest BCUT2D eigenvalue weighted by molar-refractivity contribution is 0.229. The van der Waals surface area contributed by atoms with Crippen molar-refractivity contribution in [3.8, 4) is 5.75 Å². The van der Waals surface area contributed by atoms with Gasteiger partial charge in [0.25, 0.3) is 0 Å². The van der Waals surface area contributed by atoms with E-state index in [2.05, 4.69) is 0 Å². The normalized spacial score (nSPS) is 12.2. The van der Waals surface area contributed by atoms with E-state index in [9.17, 15) is 0 Å². The predicted octanol–water partition coefficient (Wildman–Crippen LogP) is 3.09. The molecule has 0 aromatic heterocycles. The Morgan fingerprint density at radius 2 is 2.27 bits per heavy atom. The highest BCUT2D eigenvalue weighted by Crippen LogP contribution is 2.23. The monoisotopic (exact) mass is 243 g/mol.